The van der Waals surface area contributed by atoms with Crippen molar-refractivity contribution in [2.45, 2.75) is 18.2 Å². The van der Waals surface area contributed by atoms with Crippen LogP contribution in [0.15, 0.2) is 47.7 Å². The molecule has 0 aromatic carbocycles. The Hall–Kier alpha value is -2.48. The number of carbonyl (C=O) groups is 1. The topological polar surface area (TPSA) is 112 Å². The number of pyridine rings is 2. The lowest BCUT2D eigenvalue weighted by Crippen LogP contribution is -2.36. The molecule has 0 radical (unpaired) electrons. The fourth-order valence-corrected chi connectivity index (χ4v) is 3.20. The molecule has 1 atom stereocenters. The average molecular weight is 335 g/mol. The maximum absolute atomic E-state index is 12.1. The van der Waals surface area contributed by atoms with Crippen LogP contribution < -0.4 is 11.3 Å². The number of rotatable bonds is 6. The fourth-order valence-electron chi connectivity index (χ4n) is 2.24. The quantitative estimate of drug-likeness (QED) is 0.810. The zero-order valence-electron chi connectivity index (χ0n) is 12.5. The lowest BCUT2D eigenvalue weighted by Gasteiger charge is -2.12. The van der Waals surface area contributed by atoms with E-state index in [0.717, 1.165) is 17.4 Å². The first-order valence-electron chi connectivity index (χ1n) is 6.88. The van der Waals surface area contributed by atoms with Crippen LogP contribution in [-0.2, 0) is 21.2 Å². The Bertz CT molecular complexity index is 860. The number of aryl methyl sites for hydroxylation is 1. The van der Waals surface area contributed by atoms with Crippen LogP contribution in [0.3, 0.4) is 0 Å². The average Bonchev–Trinajstić information content (AvgIpc) is 2.48. The first kappa shape index (κ1) is 16.9. The molecule has 0 saturated carbocycles. The summed E-state index contributed by atoms with van der Waals surface area (Å²) in [6, 6.07) is 6.77. The van der Waals surface area contributed by atoms with Gasteiger partial charge in [0.1, 0.15) is 5.25 Å². The predicted octanol–water partition coefficient (Wildman–Crippen LogP) is 0.199. The Morgan fingerprint density at radius 3 is 2.43 bits per heavy atom. The van der Waals surface area contributed by atoms with Gasteiger partial charge in [0.25, 0.3) is 5.56 Å². The van der Waals surface area contributed by atoms with Gasteiger partial charge in [0, 0.05) is 37.5 Å². The molecule has 2 N–H and O–H groups in total. The van der Waals surface area contributed by atoms with Gasteiger partial charge < -0.3 is 10.3 Å². The van der Waals surface area contributed by atoms with Crippen molar-refractivity contribution in [1.29, 1.82) is 0 Å². The second-order valence-corrected chi connectivity index (χ2v) is 7.42. The molecule has 7 nitrogen and oxygen atoms in total. The minimum absolute atomic E-state index is 0.0390. The number of carbonyl (C=O) groups excluding carboxylic acids is 1. The van der Waals surface area contributed by atoms with Crippen molar-refractivity contribution in [1.82, 2.24) is 9.55 Å². The van der Waals surface area contributed by atoms with Gasteiger partial charge in [-0.25, -0.2) is 8.42 Å². The van der Waals surface area contributed by atoms with E-state index in [2.05, 4.69) is 4.98 Å². The molecule has 0 aliphatic carbocycles. The highest BCUT2D eigenvalue weighted by molar-refractivity contribution is 7.92. The van der Waals surface area contributed by atoms with Crippen molar-refractivity contribution < 1.29 is 13.2 Å². The summed E-state index contributed by atoms with van der Waals surface area (Å²) in [4.78, 5) is 27.3. The van der Waals surface area contributed by atoms with Crippen LogP contribution in [0.25, 0.3) is 11.1 Å². The van der Waals surface area contributed by atoms with E-state index in [1.807, 2.05) is 0 Å². The summed E-state index contributed by atoms with van der Waals surface area (Å²) in [5, 5.41) is -1.30. The van der Waals surface area contributed by atoms with E-state index >= 15 is 0 Å². The number of amides is 1. The zero-order valence-corrected chi connectivity index (χ0v) is 13.4. The van der Waals surface area contributed by atoms with Crippen molar-refractivity contribution in [2.75, 3.05) is 6.26 Å². The van der Waals surface area contributed by atoms with Crippen LogP contribution in [0.5, 0.6) is 0 Å². The van der Waals surface area contributed by atoms with Crippen molar-refractivity contribution in [3.8, 4) is 11.1 Å². The summed E-state index contributed by atoms with van der Waals surface area (Å²) < 4.78 is 24.4. The predicted molar refractivity (Wildman–Crippen MR) is 86.4 cm³/mol. The van der Waals surface area contributed by atoms with E-state index in [0.29, 0.717) is 0 Å². The van der Waals surface area contributed by atoms with Crippen LogP contribution >= 0.6 is 0 Å². The third-order valence-electron chi connectivity index (χ3n) is 3.48. The van der Waals surface area contributed by atoms with Gasteiger partial charge in [0.15, 0.2) is 9.84 Å². The molecule has 1 amide bonds. The van der Waals surface area contributed by atoms with Crippen LogP contribution in [-0.4, -0.2) is 35.4 Å². The van der Waals surface area contributed by atoms with Crippen molar-refractivity contribution in [3.05, 3.63) is 53.2 Å². The van der Waals surface area contributed by atoms with Crippen LogP contribution in [0.4, 0.5) is 0 Å². The van der Waals surface area contributed by atoms with E-state index < -0.39 is 21.0 Å². The van der Waals surface area contributed by atoms with E-state index in [-0.39, 0.29) is 18.5 Å². The Morgan fingerprint density at radius 1 is 1.26 bits per heavy atom. The molecule has 0 spiro atoms. The fraction of sp³-hybridized carbons (Fsp3) is 0.267. The van der Waals surface area contributed by atoms with Crippen molar-refractivity contribution in [3.63, 3.8) is 0 Å². The maximum Gasteiger partial charge on any atom is 0.251 e. The lowest BCUT2D eigenvalue weighted by atomic mass is 10.1. The molecule has 2 heterocycles. The Labute approximate surface area is 133 Å². The minimum Gasteiger partial charge on any atom is -0.369 e. The number of nitrogens with two attached hydrogens (primary N) is 1. The highest BCUT2D eigenvalue weighted by atomic mass is 32.2. The van der Waals surface area contributed by atoms with E-state index in [1.54, 1.807) is 36.8 Å². The van der Waals surface area contributed by atoms with Gasteiger partial charge >= 0.3 is 0 Å². The summed E-state index contributed by atoms with van der Waals surface area (Å²) in [5.74, 6) is -0.908. The molecule has 2 rings (SSSR count). The van der Waals surface area contributed by atoms with Crippen LogP contribution in [0.2, 0.25) is 0 Å². The minimum atomic E-state index is -3.60. The first-order valence-corrected chi connectivity index (χ1v) is 8.83. The van der Waals surface area contributed by atoms with Crippen LogP contribution in [0.1, 0.15) is 6.42 Å². The molecule has 122 valence electrons. The normalized spacial score (nSPS) is 12.7. The smallest absolute Gasteiger partial charge is 0.251 e. The van der Waals surface area contributed by atoms with Gasteiger partial charge in [0.05, 0.1) is 0 Å². The molecule has 2 aromatic rings. The second-order valence-electron chi connectivity index (χ2n) is 5.19. The van der Waals surface area contributed by atoms with Crippen molar-refractivity contribution in [2.24, 2.45) is 5.73 Å². The highest BCUT2D eigenvalue weighted by Crippen LogP contribution is 2.15. The summed E-state index contributed by atoms with van der Waals surface area (Å²) in [5.41, 5.74) is 6.43. The number of hydrogen-bond acceptors (Lipinski definition) is 5. The SMILES string of the molecule is CS(=O)(=O)C(CCn1ccc(-c2ccncc2)cc1=O)C(N)=O. The summed E-state index contributed by atoms with van der Waals surface area (Å²) in [6.07, 6.45) is 5.74. The monoisotopic (exact) mass is 335 g/mol. The number of primary amides is 1. The van der Waals surface area contributed by atoms with Gasteiger partial charge in [-0.1, -0.05) is 0 Å². The number of sulfone groups is 1. The van der Waals surface area contributed by atoms with Gasteiger partial charge in [-0.15, -0.1) is 0 Å². The Morgan fingerprint density at radius 2 is 1.91 bits per heavy atom. The van der Waals surface area contributed by atoms with Crippen molar-refractivity contribution >= 4 is 15.7 Å². The lowest BCUT2D eigenvalue weighted by molar-refractivity contribution is -0.117. The molecular formula is C15H17N3O4S. The third kappa shape index (κ3) is 4.26. The molecule has 1 unspecified atom stereocenters. The number of aromatic nitrogens is 2. The summed E-state index contributed by atoms with van der Waals surface area (Å²) in [7, 11) is -3.60. The maximum atomic E-state index is 12.1. The van der Waals surface area contributed by atoms with E-state index in [1.165, 1.54) is 10.6 Å². The summed E-state index contributed by atoms with van der Waals surface area (Å²) >= 11 is 0. The Kier molecular flexibility index (Phi) is 4.95. The van der Waals surface area contributed by atoms with E-state index in [9.17, 15) is 18.0 Å². The molecule has 0 bridgehead atoms. The Balaban J connectivity index is 2.19. The first-order chi connectivity index (χ1) is 10.8. The molecule has 0 saturated heterocycles. The molecule has 0 fully saturated rings. The third-order valence-corrected chi connectivity index (χ3v) is 4.98. The molecule has 2 aromatic heterocycles. The summed E-state index contributed by atoms with van der Waals surface area (Å²) in [6.45, 7) is 0.0934. The van der Waals surface area contributed by atoms with Gasteiger partial charge in [-0.3, -0.25) is 14.6 Å². The van der Waals surface area contributed by atoms with Gasteiger partial charge in [0.2, 0.25) is 5.91 Å². The molecule has 0 aliphatic heterocycles. The molecule has 8 heteroatoms. The van der Waals surface area contributed by atoms with Gasteiger partial charge in [-0.2, -0.15) is 0 Å². The highest BCUT2D eigenvalue weighted by Gasteiger charge is 2.26. The number of hydrogen-bond donors (Lipinski definition) is 1. The molecule has 23 heavy (non-hydrogen) atoms. The molecular weight excluding hydrogens is 318 g/mol. The molecule has 0 aliphatic rings. The van der Waals surface area contributed by atoms with Crippen LogP contribution in [0, 0.1) is 0 Å². The largest absolute Gasteiger partial charge is 0.369 e. The van der Waals surface area contributed by atoms with E-state index in [4.69, 9.17) is 5.73 Å². The second kappa shape index (κ2) is 6.74. The van der Waals surface area contributed by atoms with Gasteiger partial charge in [-0.05, 0) is 35.7 Å². The zero-order chi connectivity index (χ0) is 17.0. The number of nitrogens with zero attached hydrogens (tertiary/aromatic N) is 2. The standard InChI is InChI=1S/C15H17N3O4S/c1-23(21,22)13(15(16)20)5-9-18-8-4-12(10-14(18)19)11-2-6-17-7-3-11/h2-4,6-8,10,13H,5,9H2,1H3,(H2,16,20).